The van der Waals surface area contributed by atoms with E-state index in [-0.39, 0.29) is 31.8 Å². The molecule has 1 saturated heterocycles. The van der Waals surface area contributed by atoms with E-state index < -0.39 is 11.8 Å². The molecule has 6 heteroatoms. The minimum Gasteiger partial charge on any atom is -0.386 e. The van der Waals surface area contributed by atoms with Gasteiger partial charge in [0.25, 0.3) is 5.91 Å². The Morgan fingerprint density at radius 2 is 1.69 bits per heavy atom. The third-order valence-electron chi connectivity index (χ3n) is 5.47. The standard InChI is InChI=1S/C23H22FN3O2/c24-21(18-5-2-1-3-6-18)23(29)10-15-27(16-11-23)22(28)19-7-4-12-26-20(19)17-8-13-25-14-9-17/h1-9,12-14,21,29H,10-11,15-16H2. The van der Waals surface area contributed by atoms with Crippen molar-refractivity contribution in [3.8, 4) is 11.3 Å². The van der Waals surface area contributed by atoms with Crippen LogP contribution in [0.4, 0.5) is 4.39 Å². The van der Waals surface area contributed by atoms with Crippen LogP contribution in [0, 0.1) is 0 Å². The summed E-state index contributed by atoms with van der Waals surface area (Å²) in [6.45, 7) is 0.570. The van der Waals surface area contributed by atoms with Gasteiger partial charge in [-0.05, 0) is 42.7 Å². The van der Waals surface area contributed by atoms with Gasteiger partial charge in [0, 0.05) is 37.2 Å². The number of aliphatic hydroxyl groups is 1. The third kappa shape index (κ3) is 3.89. The summed E-state index contributed by atoms with van der Waals surface area (Å²) in [7, 11) is 0. The number of carbonyl (C=O) groups excluding carboxylic acids is 1. The summed E-state index contributed by atoms with van der Waals surface area (Å²) in [5.74, 6) is -0.165. The maximum atomic E-state index is 15.0. The first-order chi connectivity index (χ1) is 14.1. The lowest BCUT2D eigenvalue weighted by atomic mass is 9.83. The molecule has 1 aliphatic rings. The van der Waals surface area contributed by atoms with Gasteiger partial charge in [0.2, 0.25) is 0 Å². The quantitative estimate of drug-likeness (QED) is 0.734. The monoisotopic (exact) mass is 391 g/mol. The molecule has 148 valence electrons. The Morgan fingerprint density at radius 3 is 2.38 bits per heavy atom. The Labute approximate surface area is 168 Å². The molecule has 4 rings (SSSR count). The van der Waals surface area contributed by atoms with Crippen LogP contribution in [0.1, 0.15) is 34.9 Å². The number of pyridine rings is 2. The second-order valence-corrected chi connectivity index (χ2v) is 7.30. The lowest BCUT2D eigenvalue weighted by Gasteiger charge is -2.40. The number of alkyl halides is 1. The van der Waals surface area contributed by atoms with Crippen molar-refractivity contribution in [1.82, 2.24) is 14.9 Å². The highest BCUT2D eigenvalue weighted by atomic mass is 19.1. The number of hydrogen-bond acceptors (Lipinski definition) is 4. The molecule has 1 fully saturated rings. The molecule has 3 heterocycles. The molecule has 3 aromatic rings. The Bertz CT molecular complexity index is 974. The van der Waals surface area contributed by atoms with E-state index in [0.717, 1.165) is 5.56 Å². The maximum Gasteiger partial charge on any atom is 0.256 e. The van der Waals surface area contributed by atoms with Crippen molar-refractivity contribution in [3.63, 3.8) is 0 Å². The fourth-order valence-corrected chi connectivity index (χ4v) is 3.77. The van der Waals surface area contributed by atoms with Crippen molar-refractivity contribution in [1.29, 1.82) is 0 Å². The number of halogens is 1. The van der Waals surface area contributed by atoms with E-state index in [1.807, 2.05) is 18.2 Å². The molecular formula is C23H22FN3O2. The predicted molar refractivity (Wildman–Crippen MR) is 108 cm³/mol. The van der Waals surface area contributed by atoms with Crippen molar-refractivity contribution in [3.05, 3.63) is 84.3 Å². The molecule has 0 radical (unpaired) electrons. The number of carbonyl (C=O) groups is 1. The second-order valence-electron chi connectivity index (χ2n) is 7.30. The minimum absolute atomic E-state index is 0.165. The van der Waals surface area contributed by atoms with Gasteiger partial charge in [0.1, 0.15) is 5.60 Å². The van der Waals surface area contributed by atoms with Crippen molar-refractivity contribution in [2.24, 2.45) is 0 Å². The zero-order valence-corrected chi connectivity index (χ0v) is 15.9. The molecule has 2 aromatic heterocycles. The van der Waals surface area contributed by atoms with E-state index in [4.69, 9.17) is 0 Å². The van der Waals surface area contributed by atoms with Crippen LogP contribution in [-0.4, -0.2) is 44.6 Å². The fourth-order valence-electron chi connectivity index (χ4n) is 3.77. The third-order valence-corrected chi connectivity index (χ3v) is 5.47. The lowest BCUT2D eigenvalue weighted by molar-refractivity contribution is -0.0751. The van der Waals surface area contributed by atoms with E-state index in [2.05, 4.69) is 9.97 Å². The molecule has 29 heavy (non-hydrogen) atoms. The average Bonchev–Trinajstić information content (AvgIpc) is 2.80. The lowest BCUT2D eigenvalue weighted by Crippen LogP contribution is -2.49. The number of hydrogen-bond donors (Lipinski definition) is 1. The molecular weight excluding hydrogens is 369 g/mol. The molecule has 0 spiro atoms. The number of amides is 1. The van der Waals surface area contributed by atoms with Gasteiger partial charge in [-0.1, -0.05) is 30.3 Å². The largest absolute Gasteiger partial charge is 0.386 e. The van der Waals surface area contributed by atoms with Crippen LogP contribution in [0.2, 0.25) is 0 Å². The molecule has 1 atom stereocenters. The van der Waals surface area contributed by atoms with Crippen LogP contribution >= 0.6 is 0 Å². The normalized spacial score (nSPS) is 17.0. The second kappa shape index (κ2) is 8.09. The molecule has 5 nitrogen and oxygen atoms in total. The summed E-state index contributed by atoms with van der Waals surface area (Å²) in [4.78, 5) is 23.2. The molecule has 0 bridgehead atoms. The molecule has 1 unspecified atom stereocenters. The van der Waals surface area contributed by atoms with Crippen molar-refractivity contribution in [2.45, 2.75) is 24.6 Å². The number of aromatic nitrogens is 2. The Hall–Kier alpha value is -3.12. The minimum atomic E-state index is -1.48. The summed E-state index contributed by atoms with van der Waals surface area (Å²) in [6.07, 6.45) is 3.84. The van der Waals surface area contributed by atoms with E-state index in [0.29, 0.717) is 16.8 Å². The average molecular weight is 391 g/mol. The van der Waals surface area contributed by atoms with Crippen LogP contribution in [0.25, 0.3) is 11.3 Å². The van der Waals surface area contributed by atoms with Crippen molar-refractivity contribution in [2.75, 3.05) is 13.1 Å². The zero-order chi connectivity index (χ0) is 20.3. The number of rotatable bonds is 4. The number of nitrogens with zero attached hydrogens (tertiary/aromatic N) is 3. The van der Waals surface area contributed by atoms with Crippen LogP contribution in [0.3, 0.4) is 0 Å². The van der Waals surface area contributed by atoms with E-state index in [1.165, 1.54) is 0 Å². The van der Waals surface area contributed by atoms with Gasteiger partial charge in [0.15, 0.2) is 6.17 Å². The van der Waals surface area contributed by atoms with Gasteiger partial charge < -0.3 is 10.0 Å². The summed E-state index contributed by atoms with van der Waals surface area (Å²) >= 11 is 0. The van der Waals surface area contributed by atoms with Crippen LogP contribution in [0.15, 0.2) is 73.2 Å². The summed E-state index contributed by atoms with van der Waals surface area (Å²) in [5.41, 5.74) is 0.880. The van der Waals surface area contributed by atoms with Gasteiger partial charge in [-0.2, -0.15) is 0 Å². The first kappa shape index (κ1) is 19.2. The molecule has 1 aliphatic heterocycles. The van der Waals surface area contributed by atoms with Gasteiger partial charge in [-0.15, -0.1) is 0 Å². The number of piperidine rings is 1. The summed E-state index contributed by atoms with van der Waals surface area (Å²) < 4.78 is 15.0. The highest BCUT2D eigenvalue weighted by Crippen LogP contribution is 2.38. The topological polar surface area (TPSA) is 66.3 Å². The highest BCUT2D eigenvalue weighted by Gasteiger charge is 2.42. The molecule has 1 aromatic carbocycles. The van der Waals surface area contributed by atoms with E-state index in [9.17, 15) is 14.3 Å². The van der Waals surface area contributed by atoms with Gasteiger partial charge in [0.05, 0.1) is 11.3 Å². The van der Waals surface area contributed by atoms with Gasteiger partial charge >= 0.3 is 0 Å². The number of benzene rings is 1. The Balaban J connectivity index is 1.51. The van der Waals surface area contributed by atoms with Gasteiger partial charge in [-0.25, -0.2) is 4.39 Å². The molecule has 0 saturated carbocycles. The van der Waals surface area contributed by atoms with E-state index >= 15 is 0 Å². The smallest absolute Gasteiger partial charge is 0.256 e. The van der Waals surface area contributed by atoms with Crippen molar-refractivity contribution < 1.29 is 14.3 Å². The SMILES string of the molecule is O=C(c1cccnc1-c1ccncc1)N1CCC(O)(C(F)c2ccccc2)CC1. The molecule has 1 amide bonds. The van der Waals surface area contributed by atoms with Crippen molar-refractivity contribution >= 4 is 5.91 Å². The van der Waals surface area contributed by atoms with E-state index in [1.54, 1.807) is 59.9 Å². The Kier molecular flexibility index (Phi) is 5.36. The molecule has 0 aliphatic carbocycles. The first-order valence-electron chi connectivity index (χ1n) is 9.64. The fraction of sp³-hybridized carbons (Fsp3) is 0.261. The number of likely N-dealkylation sites (tertiary alicyclic amines) is 1. The van der Waals surface area contributed by atoms with Crippen LogP contribution in [-0.2, 0) is 0 Å². The Morgan fingerprint density at radius 1 is 1.00 bits per heavy atom. The maximum absolute atomic E-state index is 15.0. The van der Waals surface area contributed by atoms with Crippen LogP contribution in [0.5, 0.6) is 0 Å². The molecule has 1 N–H and O–H groups in total. The predicted octanol–water partition coefficient (Wildman–Crippen LogP) is 3.82. The summed E-state index contributed by atoms with van der Waals surface area (Å²) in [5, 5.41) is 10.9. The van der Waals surface area contributed by atoms with Crippen LogP contribution < -0.4 is 0 Å². The van der Waals surface area contributed by atoms with Gasteiger partial charge in [-0.3, -0.25) is 14.8 Å². The summed E-state index contributed by atoms with van der Waals surface area (Å²) in [6, 6.07) is 15.8. The highest BCUT2D eigenvalue weighted by molar-refractivity contribution is 5.99. The first-order valence-corrected chi connectivity index (χ1v) is 9.64. The zero-order valence-electron chi connectivity index (χ0n) is 15.9.